The van der Waals surface area contributed by atoms with Crippen LogP contribution in [0.5, 0.6) is 0 Å². The summed E-state index contributed by atoms with van der Waals surface area (Å²) in [6.07, 6.45) is 9.44. The number of hydrogen-bond donors (Lipinski definition) is 1. The molecule has 1 aliphatic heterocycles. The SMILES string of the molecule is Cc1cnn(C[C@@H]2CCCN2C(=O)c2c[nH]c3ncccc23)c1. The van der Waals surface area contributed by atoms with Gasteiger partial charge >= 0.3 is 0 Å². The quantitative estimate of drug-likeness (QED) is 0.807. The molecule has 1 saturated heterocycles. The Hall–Kier alpha value is -2.63. The van der Waals surface area contributed by atoms with Crippen LogP contribution >= 0.6 is 0 Å². The second-order valence-electron chi connectivity index (χ2n) is 6.14. The summed E-state index contributed by atoms with van der Waals surface area (Å²) in [4.78, 5) is 22.3. The van der Waals surface area contributed by atoms with Crippen molar-refractivity contribution >= 4 is 16.9 Å². The molecule has 1 aliphatic rings. The molecule has 1 N–H and O–H groups in total. The molecular weight excluding hydrogens is 290 g/mol. The van der Waals surface area contributed by atoms with Gasteiger partial charge in [0, 0.05) is 30.5 Å². The third kappa shape index (κ3) is 2.50. The summed E-state index contributed by atoms with van der Waals surface area (Å²) in [5.74, 6) is 0.0793. The van der Waals surface area contributed by atoms with Crippen LogP contribution < -0.4 is 0 Å². The Balaban J connectivity index is 1.59. The van der Waals surface area contributed by atoms with Crippen molar-refractivity contribution in [3.05, 3.63) is 48.0 Å². The number of rotatable bonds is 3. The number of H-pyrrole nitrogens is 1. The first kappa shape index (κ1) is 14.0. The van der Waals surface area contributed by atoms with E-state index < -0.39 is 0 Å². The number of amides is 1. The van der Waals surface area contributed by atoms with Crippen LogP contribution in [0.3, 0.4) is 0 Å². The maximum atomic E-state index is 13.0. The zero-order chi connectivity index (χ0) is 15.8. The minimum atomic E-state index is 0.0793. The van der Waals surface area contributed by atoms with E-state index in [0.717, 1.165) is 42.5 Å². The third-order valence-corrected chi connectivity index (χ3v) is 4.48. The van der Waals surface area contributed by atoms with Gasteiger partial charge in [-0.2, -0.15) is 5.10 Å². The van der Waals surface area contributed by atoms with E-state index in [0.29, 0.717) is 5.56 Å². The maximum absolute atomic E-state index is 13.0. The number of pyridine rings is 1. The first-order valence-corrected chi connectivity index (χ1v) is 7.94. The van der Waals surface area contributed by atoms with E-state index in [1.807, 2.05) is 41.0 Å². The van der Waals surface area contributed by atoms with Crippen LogP contribution in [0.4, 0.5) is 0 Å². The summed E-state index contributed by atoms with van der Waals surface area (Å²) in [7, 11) is 0. The molecule has 6 heteroatoms. The number of carbonyl (C=O) groups excluding carboxylic acids is 1. The summed E-state index contributed by atoms with van der Waals surface area (Å²) in [6.45, 7) is 3.58. The maximum Gasteiger partial charge on any atom is 0.256 e. The highest BCUT2D eigenvalue weighted by atomic mass is 16.2. The molecule has 1 amide bonds. The van der Waals surface area contributed by atoms with Gasteiger partial charge in [0.05, 0.1) is 24.3 Å². The molecule has 0 aromatic carbocycles. The highest BCUT2D eigenvalue weighted by Gasteiger charge is 2.31. The normalized spacial score (nSPS) is 18.0. The van der Waals surface area contributed by atoms with Crippen LogP contribution in [0.2, 0.25) is 0 Å². The molecule has 0 aliphatic carbocycles. The van der Waals surface area contributed by atoms with Crippen LogP contribution in [0.25, 0.3) is 11.0 Å². The van der Waals surface area contributed by atoms with Crippen molar-refractivity contribution in [1.82, 2.24) is 24.6 Å². The summed E-state index contributed by atoms with van der Waals surface area (Å²) in [6, 6.07) is 4.00. The lowest BCUT2D eigenvalue weighted by atomic mass is 10.1. The Kier molecular flexibility index (Phi) is 3.37. The number of likely N-dealkylation sites (tertiary alicyclic amines) is 1. The molecule has 6 nitrogen and oxygen atoms in total. The van der Waals surface area contributed by atoms with E-state index in [-0.39, 0.29) is 11.9 Å². The van der Waals surface area contributed by atoms with Gasteiger partial charge in [0.15, 0.2) is 0 Å². The molecule has 4 heterocycles. The summed E-state index contributed by atoms with van der Waals surface area (Å²) < 4.78 is 1.93. The standard InChI is InChI=1S/C17H19N5O/c1-12-8-20-21(10-12)11-13-4-3-7-22(13)17(23)15-9-19-16-14(15)5-2-6-18-16/h2,5-6,8-10,13H,3-4,7,11H2,1H3,(H,18,19)/t13-/m0/s1. The largest absolute Gasteiger partial charge is 0.345 e. The number of aryl methyl sites for hydroxylation is 1. The van der Waals surface area contributed by atoms with Crippen molar-refractivity contribution in [2.24, 2.45) is 0 Å². The number of aromatic amines is 1. The van der Waals surface area contributed by atoms with Crippen molar-refractivity contribution in [3.8, 4) is 0 Å². The van der Waals surface area contributed by atoms with E-state index in [2.05, 4.69) is 15.1 Å². The second kappa shape index (κ2) is 5.53. The summed E-state index contributed by atoms with van der Waals surface area (Å²) in [5.41, 5.74) is 2.61. The number of fused-ring (bicyclic) bond motifs is 1. The number of carbonyl (C=O) groups is 1. The van der Waals surface area contributed by atoms with Gasteiger partial charge in [0.1, 0.15) is 5.65 Å². The number of hydrogen-bond acceptors (Lipinski definition) is 3. The molecule has 1 fully saturated rings. The van der Waals surface area contributed by atoms with Crippen molar-refractivity contribution < 1.29 is 4.79 Å². The Morgan fingerprint density at radius 2 is 2.39 bits per heavy atom. The molecule has 3 aromatic heterocycles. The minimum absolute atomic E-state index is 0.0793. The van der Waals surface area contributed by atoms with Crippen LogP contribution in [0, 0.1) is 6.92 Å². The average Bonchev–Trinajstić information content (AvgIpc) is 3.27. The first-order valence-electron chi connectivity index (χ1n) is 7.94. The monoisotopic (exact) mass is 309 g/mol. The fourth-order valence-corrected chi connectivity index (χ4v) is 3.36. The van der Waals surface area contributed by atoms with Crippen molar-refractivity contribution in [3.63, 3.8) is 0 Å². The molecule has 3 aromatic rings. The third-order valence-electron chi connectivity index (χ3n) is 4.48. The van der Waals surface area contributed by atoms with Gasteiger partial charge in [0.25, 0.3) is 5.91 Å². The molecule has 1 atom stereocenters. The van der Waals surface area contributed by atoms with Gasteiger partial charge in [-0.1, -0.05) is 0 Å². The van der Waals surface area contributed by atoms with Crippen LogP contribution in [0.15, 0.2) is 36.9 Å². The van der Waals surface area contributed by atoms with E-state index in [9.17, 15) is 4.79 Å². The molecule has 23 heavy (non-hydrogen) atoms. The summed E-state index contributed by atoms with van der Waals surface area (Å²) >= 11 is 0. The van der Waals surface area contributed by atoms with Crippen LogP contribution in [-0.2, 0) is 6.54 Å². The van der Waals surface area contributed by atoms with Crippen LogP contribution in [0.1, 0.15) is 28.8 Å². The number of nitrogens with zero attached hydrogens (tertiary/aromatic N) is 4. The molecule has 4 rings (SSSR count). The van der Waals surface area contributed by atoms with Gasteiger partial charge in [-0.05, 0) is 37.5 Å². The highest BCUT2D eigenvalue weighted by Crippen LogP contribution is 2.24. The van der Waals surface area contributed by atoms with Crippen molar-refractivity contribution in [1.29, 1.82) is 0 Å². The van der Waals surface area contributed by atoms with Crippen LogP contribution in [-0.4, -0.2) is 43.1 Å². The second-order valence-corrected chi connectivity index (χ2v) is 6.14. The Labute approximate surface area is 134 Å². The number of nitrogens with one attached hydrogen (secondary N) is 1. The molecule has 0 unspecified atom stereocenters. The lowest BCUT2D eigenvalue weighted by molar-refractivity contribution is 0.0723. The van der Waals surface area contributed by atoms with Crippen molar-refractivity contribution in [2.45, 2.75) is 32.4 Å². The molecule has 0 radical (unpaired) electrons. The predicted molar refractivity (Wildman–Crippen MR) is 87.1 cm³/mol. The number of aromatic nitrogens is 4. The zero-order valence-electron chi connectivity index (χ0n) is 13.1. The molecule has 0 bridgehead atoms. The lowest BCUT2D eigenvalue weighted by Gasteiger charge is -2.24. The van der Waals surface area contributed by atoms with Gasteiger partial charge < -0.3 is 9.88 Å². The molecule has 118 valence electrons. The zero-order valence-corrected chi connectivity index (χ0v) is 13.1. The van der Waals surface area contributed by atoms with E-state index in [1.54, 1.807) is 12.4 Å². The minimum Gasteiger partial charge on any atom is -0.345 e. The average molecular weight is 309 g/mol. The van der Waals surface area contributed by atoms with Gasteiger partial charge in [-0.25, -0.2) is 4.98 Å². The van der Waals surface area contributed by atoms with Gasteiger partial charge in [-0.15, -0.1) is 0 Å². The Bertz CT molecular complexity index is 849. The van der Waals surface area contributed by atoms with Crippen molar-refractivity contribution in [2.75, 3.05) is 6.54 Å². The predicted octanol–water partition coefficient (Wildman–Crippen LogP) is 2.37. The van der Waals surface area contributed by atoms with E-state index in [1.165, 1.54) is 0 Å². The first-order chi connectivity index (χ1) is 11.2. The summed E-state index contributed by atoms with van der Waals surface area (Å²) in [5, 5.41) is 5.24. The molecular formula is C17H19N5O. The van der Waals surface area contributed by atoms with Gasteiger partial charge in [0.2, 0.25) is 0 Å². The Morgan fingerprint density at radius 1 is 1.48 bits per heavy atom. The van der Waals surface area contributed by atoms with E-state index >= 15 is 0 Å². The fraction of sp³-hybridized carbons (Fsp3) is 0.353. The molecule has 0 saturated carbocycles. The smallest absolute Gasteiger partial charge is 0.256 e. The van der Waals surface area contributed by atoms with E-state index in [4.69, 9.17) is 0 Å². The highest BCUT2D eigenvalue weighted by molar-refractivity contribution is 6.06. The molecule has 0 spiro atoms. The Morgan fingerprint density at radius 3 is 3.22 bits per heavy atom. The van der Waals surface area contributed by atoms with Gasteiger partial charge in [-0.3, -0.25) is 9.48 Å². The topological polar surface area (TPSA) is 66.8 Å². The fourth-order valence-electron chi connectivity index (χ4n) is 3.36. The lowest BCUT2D eigenvalue weighted by Crippen LogP contribution is -2.38.